The molecule has 0 amide bonds. The highest BCUT2D eigenvalue weighted by Gasteiger charge is 2.06. The predicted octanol–water partition coefficient (Wildman–Crippen LogP) is 1.40. The molecule has 1 aromatic carbocycles. The third kappa shape index (κ3) is 1.72. The lowest BCUT2D eigenvalue weighted by Crippen LogP contribution is -1.98. The van der Waals surface area contributed by atoms with Gasteiger partial charge in [-0.2, -0.15) is 0 Å². The summed E-state index contributed by atoms with van der Waals surface area (Å²) in [5, 5.41) is 18.3. The average molecular weight is 164 g/mol. The highest BCUT2D eigenvalue weighted by atomic mass is 16.3. The normalized spacial score (nSPS) is 12.5. The van der Waals surface area contributed by atoms with E-state index in [0.29, 0.717) is 0 Å². The van der Waals surface area contributed by atoms with Gasteiger partial charge in [-0.25, -0.2) is 0 Å². The second-order valence-corrected chi connectivity index (χ2v) is 2.54. The molecule has 2 N–H and O–H groups in total. The van der Waals surface area contributed by atoms with Gasteiger partial charge >= 0.3 is 0 Å². The van der Waals surface area contributed by atoms with Crippen molar-refractivity contribution in [3.05, 3.63) is 48.0 Å². The quantitative estimate of drug-likeness (QED) is 0.663. The lowest BCUT2D eigenvalue weighted by atomic mass is 10.0. The van der Waals surface area contributed by atoms with E-state index in [0.717, 1.165) is 11.1 Å². The standard InChI is InChI=1S/C10H12O2/c1-2-10(12)9-6-4-3-5-8(9)7-11/h2-6,10-12H,1,7H2. The molecule has 0 saturated carbocycles. The van der Waals surface area contributed by atoms with Crippen molar-refractivity contribution in [3.8, 4) is 0 Å². The minimum Gasteiger partial charge on any atom is -0.392 e. The van der Waals surface area contributed by atoms with Crippen molar-refractivity contribution >= 4 is 0 Å². The van der Waals surface area contributed by atoms with Crippen molar-refractivity contribution in [2.75, 3.05) is 0 Å². The van der Waals surface area contributed by atoms with Gasteiger partial charge in [0.1, 0.15) is 0 Å². The molecule has 0 saturated heterocycles. The molecule has 0 aliphatic carbocycles. The largest absolute Gasteiger partial charge is 0.392 e. The van der Waals surface area contributed by atoms with Crippen molar-refractivity contribution in [2.45, 2.75) is 12.7 Å². The molecule has 1 aromatic rings. The molecule has 64 valence electrons. The smallest absolute Gasteiger partial charge is 0.0972 e. The van der Waals surface area contributed by atoms with Crippen molar-refractivity contribution in [3.63, 3.8) is 0 Å². The summed E-state index contributed by atoms with van der Waals surface area (Å²) in [4.78, 5) is 0. The van der Waals surface area contributed by atoms with Crippen molar-refractivity contribution in [1.29, 1.82) is 0 Å². The molecule has 0 spiro atoms. The van der Waals surface area contributed by atoms with Crippen molar-refractivity contribution in [1.82, 2.24) is 0 Å². The fourth-order valence-electron chi connectivity index (χ4n) is 1.09. The number of aliphatic hydroxyl groups excluding tert-OH is 2. The Labute approximate surface area is 71.8 Å². The van der Waals surface area contributed by atoms with Crippen LogP contribution < -0.4 is 0 Å². The molecular formula is C10H12O2. The summed E-state index contributed by atoms with van der Waals surface area (Å²) >= 11 is 0. The van der Waals surface area contributed by atoms with Crippen LogP contribution in [0.5, 0.6) is 0 Å². The van der Waals surface area contributed by atoms with Gasteiger partial charge in [0.2, 0.25) is 0 Å². The average Bonchev–Trinajstić information content (AvgIpc) is 2.16. The first kappa shape index (κ1) is 8.97. The van der Waals surface area contributed by atoms with E-state index in [4.69, 9.17) is 5.11 Å². The molecule has 0 heterocycles. The minimum absolute atomic E-state index is 0.0545. The molecule has 1 atom stereocenters. The fourth-order valence-corrected chi connectivity index (χ4v) is 1.09. The lowest BCUT2D eigenvalue weighted by Gasteiger charge is -2.09. The second kappa shape index (κ2) is 4.04. The first-order valence-electron chi connectivity index (χ1n) is 3.79. The van der Waals surface area contributed by atoms with Gasteiger partial charge < -0.3 is 10.2 Å². The molecule has 1 rings (SSSR count). The molecule has 0 aromatic heterocycles. The summed E-state index contributed by atoms with van der Waals surface area (Å²) in [6, 6.07) is 7.20. The van der Waals surface area contributed by atoms with Gasteiger partial charge in [0.05, 0.1) is 12.7 Å². The number of benzene rings is 1. The van der Waals surface area contributed by atoms with Crippen LogP contribution in [0.15, 0.2) is 36.9 Å². The van der Waals surface area contributed by atoms with Crippen LogP contribution in [0, 0.1) is 0 Å². The third-order valence-electron chi connectivity index (χ3n) is 1.77. The lowest BCUT2D eigenvalue weighted by molar-refractivity contribution is 0.221. The van der Waals surface area contributed by atoms with Crippen LogP contribution >= 0.6 is 0 Å². The zero-order chi connectivity index (χ0) is 8.97. The molecule has 0 radical (unpaired) electrons. The van der Waals surface area contributed by atoms with Gasteiger partial charge in [-0.15, -0.1) is 6.58 Å². The molecule has 0 aliphatic heterocycles. The Morgan fingerprint density at radius 3 is 2.67 bits per heavy atom. The van der Waals surface area contributed by atoms with E-state index >= 15 is 0 Å². The minimum atomic E-state index is -0.687. The number of hydrogen-bond acceptors (Lipinski definition) is 2. The predicted molar refractivity (Wildman–Crippen MR) is 47.5 cm³/mol. The molecule has 12 heavy (non-hydrogen) atoms. The van der Waals surface area contributed by atoms with E-state index in [9.17, 15) is 5.11 Å². The molecule has 2 heteroatoms. The SMILES string of the molecule is C=CC(O)c1ccccc1CO. The Kier molecular flexibility index (Phi) is 3.02. The first-order valence-corrected chi connectivity index (χ1v) is 3.79. The van der Waals surface area contributed by atoms with E-state index in [1.165, 1.54) is 6.08 Å². The molecule has 0 aliphatic rings. The molecular weight excluding hydrogens is 152 g/mol. The van der Waals surface area contributed by atoms with E-state index in [1.807, 2.05) is 12.1 Å². The van der Waals surface area contributed by atoms with Crippen LogP contribution in [0.3, 0.4) is 0 Å². The summed E-state index contributed by atoms with van der Waals surface area (Å²) in [7, 11) is 0. The zero-order valence-corrected chi connectivity index (χ0v) is 6.77. The topological polar surface area (TPSA) is 40.5 Å². The van der Waals surface area contributed by atoms with Gasteiger partial charge in [0.25, 0.3) is 0 Å². The first-order chi connectivity index (χ1) is 5.79. The Bertz CT molecular complexity index is 268. The maximum Gasteiger partial charge on any atom is 0.0972 e. The monoisotopic (exact) mass is 164 g/mol. The van der Waals surface area contributed by atoms with E-state index < -0.39 is 6.10 Å². The molecule has 0 fully saturated rings. The van der Waals surface area contributed by atoms with Crippen molar-refractivity contribution in [2.24, 2.45) is 0 Å². The Morgan fingerprint density at radius 2 is 2.08 bits per heavy atom. The van der Waals surface area contributed by atoms with Gasteiger partial charge in [0.15, 0.2) is 0 Å². The van der Waals surface area contributed by atoms with Crippen LogP contribution in [0.2, 0.25) is 0 Å². The highest BCUT2D eigenvalue weighted by molar-refractivity contribution is 5.30. The fraction of sp³-hybridized carbons (Fsp3) is 0.200. The maximum absolute atomic E-state index is 9.41. The number of aliphatic hydroxyl groups is 2. The van der Waals surface area contributed by atoms with Crippen LogP contribution in [0.25, 0.3) is 0 Å². The van der Waals surface area contributed by atoms with Crippen molar-refractivity contribution < 1.29 is 10.2 Å². The summed E-state index contributed by atoms with van der Waals surface area (Å²) in [6.45, 7) is 3.43. The number of rotatable bonds is 3. The zero-order valence-electron chi connectivity index (χ0n) is 6.77. The van der Waals surface area contributed by atoms with Gasteiger partial charge in [-0.1, -0.05) is 30.3 Å². The van der Waals surface area contributed by atoms with Gasteiger partial charge in [-0.05, 0) is 11.1 Å². The summed E-state index contributed by atoms with van der Waals surface area (Å²) in [6.07, 6.45) is 0.752. The van der Waals surface area contributed by atoms with E-state index in [-0.39, 0.29) is 6.61 Å². The van der Waals surface area contributed by atoms with E-state index in [1.54, 1.807) is 12.1 Å². The summed E-state index contributed by atoms with van der Waals surface area (Å²) < 4.78 is 0. The third-order valence-corrected chi connectivity index (χ3v) is 1.77. The van der Waals surface area contributed by atoms with E-state index in [2.05, 4.69) is 6.58 Å². The summed E-state index contributed by atoms with van der Waals surface area (Å²) in [5.74, 6) is 0. The Morgan fingerprint density at radius 1 is 1.42 bits per heavy atom. The maximum atomic E-state index is 9.41. The van der Waals surface area contributed by atoms with Crippen LogP contribution in [-0.2, 0) is 6.61 Å². The van der Waals surface area contributed by atoms with Crippen LogP contribution in [0.4, 0.5) is 0 Å². The Hall–Kier alpha value is -1.12. The second-order valence-electron chi connectivity index (χ2n) is 2.54. The van der Waals surface area contributed by atoms with Crippen LogP contribution in [-0.4, -0.2) is 10.2 Å². The van der Waals surface area contributed by atoms with Gasteiger partial charge in [0, 0.05) is 0 Å². The summed E-state index contributed by atoms with van der Waals surface area (Å²) in [5.41, 5.74) is 1.46. The van der Waals surface area contributed by atoms with Gasteiger partial charge in [-0.3, -0.25) is 0 Å². The highest BCUT2D eigenvalue weighted by Crippen LogP contribution is 2.18. The Balaban J connectivity index is 3.04. The molecule has 2 nitrogen and oxygen atoms in total. The number of hydrogen-bond donors (Lipinski definition) is 2. The van der Waals surface area contributed by atoms with Crippen LogP contribution in [0.1, 0.15) is 17.2 Å². The molecule has 0 bridgehead atoms. The molecule has 1 unspecified atom stereocenters.